The lowest BCUT2D eigenvalue weighted by Gasteiger charge is -2.01. The van der Waals surface area contributed by atoms with E-state index in [1.54, 1.807) is 6.20 Å². The predicted molar refractivity (Wildman–Crippen MR) is 56.6 cm³/mol. The number of hydrogen-bond acceptors (Lipinski definition) is 4. The Morgan fingerprint density at radius 2 is 1.87 bits per heavy atom. The van der Waals surface area contributed by atoms with E-state index in [9.17, 15) is 0 Å². The molecule has 2 heterocycles. The van der Waals surface area contributed by atoms with Gasteiger partial charge in [-0.05, 0) is 26.0 Å². The summed E-state index contributed by atoms with van der Waals surface area (Å²) in [6.45, 7) is 3.89. The zero-order chi connectivity index (χ0) is 10.4. The van der Waals surface area contributed by atoms with Crippen LogP contribution in [0.2, 0.25) is 0 Å². The summed E-state index contributed by atoms with van der Waals surface area (Å²) < 4.78 is 5.17. The van der Waals surface area contributed by atoms with Crippen molar-refractivity contribution in [3.8, 4) is 0 Å². The molecule has 0 aliphatic carbocycles. The molecule has 0 spiro atoms. The zero-order valence-electron chi connectivity index (χ0n) is 8.48. The van der Waals surface area contributed by atoms with Gasteiger partial charge in [-0.1, -0.05) is 5.16 Å². The molecule has 0 fully saturated rings. The standard InChI is InChI=1S/C11H9N3O/c1-6-7(2)14-10-9(13-6)4-3-8-5-12-15-11(8)10/h3-5H,1-2H3. The zero-order valence-corrected chi connectivity index (χ0v) is 8.48. The molecule has 0 N–H and O–H groups in total. The maximum absolute atomic E-state index is 5.17. The fourth-order valence-electron chi connectivity index (χ4n) is 1.62. The Labute approximate surface area is 85.9 Å². The Kier molecular flexibility index (Phi) is 1.54. The van der Waals surface area contributed by atoms with Gasteiger partial charge in [-0.25, -0.2) is 9.97 Å². The van der Waals surface area contributed by atoms with Crippen molar-refractivity contribution in [2.24, 2.45) is 0 Å². The van der Waals surface area contributed by atoms with Gasteiger partial charge in [0.1, 0.15) is 5.52 Å². The summed E-state index contributed by atoms with van der Waals surface area (Å²) in [4.78, 5) is 8.93. The van der Waals surface area contributed by atoms with E-state index in [-0.39, 0.29) is 0 Å². The van der Waals surface area contributed by atoms with Gasteiger partial charge in [-0.3, -0.25) is 0 Å². The van der Waals surface area contributed by atoms with Gasteiger partial charge in [-0.2, -0.15) is 0 Å². The second-order valence-electron chi connectivity index (χ2n) is 3.57. The van der Waals surface area contributed by atoms with Crippen LogP contribution in [0.4, 0.5) is 0 Å². The minimum absolute atomic E-state index is 0.711. The first-order valence-corrected chi connectivity index (χ1v) is 4.74. The molecule has 0 aliphatic rings. The van der Waals surface area contributed by atoms with Gasteiger partial charge in [0.15, 0.2) is 5.58 Å². The highest BCUT2D eigenvalue weighted by molar-refractivity contribution is 5.99. The van der Waals surface area contributed by atoms with Crippen LogP contribution < -0.4 is 0 Å². The van der Waals surface area contributed by atoms with Crippen LogP contribution in [0.5, 0.6) is 0 Å². The Bertz CT molecular complexity index is 657. The maximum atomic E-state index is 5.17. The smallest absolute Gasteiger partial charge is 0.194 e. The Morgan fingerprint density at radius 1 is 1.07 bits per heavy atom. The van der Waals surface area contributed by atoms with Gasteiger partial charge >= 0.3 is 0 Å². The maximum Gasteiger partial charge on any atom is 0.194 e. The van der Waals surface area contributed by atoms with Crippen LogP contribution >= 0.6 is 0 Å². The first-order chi connectivity index (χ1) is 7.25. The van der Waals surface area contributed by atoms with Crippen LogP contribution in [-0.4, -0.2) is 15.1 Å². The molecule has 2 aromatic heterocycles. The Hall–Kier alpha value is -1.97. The highest BCUT2D eigenvalue weighted by Crippen LogP contribution is 2.22. The third-order valence-corrected chi connectivity index (χ3v) is 2.57. The molecule has 0 unspecified atom stereocenters. The van der Waals surface area contributed by atoms with Crippen molar-refractivity contribution >= 4 is 22.0 Å². The molecule has 0 bridgehead atoms. The molecule has 4 nitrogen and oxygen atoms in total. The molecule has 1 aromatic carbocycles. The van der Waals surface area contributed by atoms with Crippen molar-refractivity contribution < 1.29 is 4.52 Å². The fraction of sp³-hybridized carbons (Fsp3) is 0.182. The molecule has 0 aliphatic heterocycles. The van der Waals surface area contributed by atoms with Gasteiger partial charge in [0.05, 0.1) is 23.1 Å². The Balaban J connectivity index is 2.57. The van der Waals surface area contributed by atoms with Crippen molar-refractivity contribution in [3.05, 3.63) is 29.7 Å². The van der Waals surface area contributed by atoms with Crippen LogP contribution in [0.1, 0.15) is 11.4 Å². The monoisotopic (exact) mass is 199 g/mol. The van der Waals surface area contributed by atoms with Crippen molar-refractivity contribution in [2.45, 2.75) is 13.8 Å². The van der Waals surface area contributed by atoms with Crippen LogP contribution in [0.3, 0.4) is 0 Å². The van der Waals surface area contributed by atoms with E-state index < -0.39 is 0 Å². The average Bonchev–Trinajstić information content (AvgIpc) is 2.68. The van der Waals surface area contributed by atoms with Crippen LogP contribution in [0.25, 0.3) is 22.0 Å². The van der Waals surface area contributed by atoms with Crippen LogP contribution in [0.15, 0.2) is 22.9 Å². The number of rotatable bonds is 0. The van der Waals surface area contributed by atoms with Crippen LogP contribution in [-0.2, 0) is 0 Å². The third-order valence-electron chi connectivity index (χ3n) is 2.57. The van der Waals surface area contributed by atoms with Crippen molar-refractivity contribution in [2.75, 3.05) is 0 Å². The van der Waals surface area contributed by atoms with Crippen molar-refractivity contribution in [1.82, 2.24) is 15.1 Å². The van der Waals surface area contributed by atoms with E-state index >= 15 is 0 Å². The second-order valence-corrected chi connectivity index (χ2v) is 3.57. The lowest BCUT2D eigenvalue weighted by molar-refractivity contribution is 0.458. The molecule has 3 rings (SSSR count). The highest BCUT2D eigenvalue weighted by atomic mass is 16.5. The minimum atomic E-state index is 0.711. The minimum Gasteiger partial charge on any atom is -0.354 e. The fourth-order valence-corrected chi connectivity index (χ4v) is 1.62. The van der Waals surface area contributed by atoms with Gasteiger partial charge in [0.25, 0.3) is 0 Å². The van der Waals surface area contributed by atoms with Crippen LogP contribution in [0, 0.1) is 13.8 Å². The molecule has 0 atom stereocenters. The van der Waals surface area contributed by atoms with E-state index in [1.165, 1.54) is 0 Å². The van der Waals surface area contributed by atoms with Crippen molar-refractivity contribution in [3.63, 3.8) is 0 Å². The summed E-state index contributed by atoms with van der Waals surface area (Å²) in [5, 5.41) is 4.72. The number of aryl methyl sites for hydroxylation is 2. The largest absolute Gasteiger partial charge is 0.354 e. The molecule has 74 valence electrons. The molecular formula is C11H9N3O. The third kappa shape index (κ3) is 1.11. The number of benzene rings is 1. The summed E-state index contributed by atoms with van der Waals surface area (Å²) in [5.41, 5.74) is 4.21. The number of aromatic nitrogens is 3. The molecule has 15 heavy (non-hydrogen) atoms. The predicted octanol–water partition coefficient (Wildman–Crippen LogP) is 2.39. The van der Waals surface area contributed by atoms with Gasteiger partial charge < -0.3 is 4.52 Å². The summed E-state index contributed by atoms with van der Waals surface area (Å²) in [6, 6.07) is 3.88. The molecule has 4 heteroatoms. The van der Waals surface area contributed by atoms with Gasteiger partial charge in [-0.15, -0.1) is 0 Å². The molecule has 0 saturated carbocycles. The topological polar surface area (TPSA) is 51.8 Å². The summed E-state index contributed by atoms with van der Waals surface area (Å²) in [6.07, 6.45) is 1.69. The van der Waals surface area contributed by atoms with E-state index in [2.05, 4.69) is 15.1 Å². The molecule has 0 saturated heterocycles. The first kappa shape index (κ1) is 8.35. The normalized spacial score (nSPS) is 11.3. The molecule has 0 amide bonds. The molecular weight excluding hydrogens is 190 g/mol. The number of fused-ring (bicyclic) bond motifs is 3. The summed E-state index contributed by atoms with van der Waals surface area (Å²) in [5.74, 6) is 0. The molecule has 3 aromatic rings. The van der Waals surface area contributed by atoms with E-state index in [4.69, 9.17) is 4.52 Å². The molecule has 0 radical (unpaired) electrons. The summed E-state index contributed by atoms with van der Waals surface area (Å²) >= 11 is 0. The van der Waals surface area contributed by atoms with E-state index in [1.807, 2.05) is 26.0 Å². The summed E-state index contributed by atoms with van der Waals surface area (Å²) in [7, 11) is 0. The van der Waals surface area contributed by atoms with E-state index in [0.29, 0.717) is 5.58 Å². The quantitative estimate of drug-likeness (QED) is 0.557. The Morgan fingerprint density at radius 3 is 2.73 bits per heavy atom. The highest BCUT2D eigenvalue weighted by Gasteiger charge is 2.08. The first-order valence-electron chi connectivity index (χ1n) is 4.74. The average molecular weight is 199 g/mol. The number of hydrogen-bond donors (Lipinski definition) is 0. The lowest BCUT2D eigenvalue weighted by atomic mass is 10.2. The van der Waals surface area contributed by atoms with E-state index in [0.717, 1.165) is 27.8 Å². The van der Waals surface area contributed by atoms with Gasteiger partial charge in [0.2, 0.25) is 0 Å². The SMILES string of the molecule is Cc1nc2ccc3cnoc3c2nc1C. The van der Waals surface area contributed by atoms with Crippen molar-refractivity contribution in [1.29, 1.82) is 0 Å². The van der Waals surface area contributed by atoms with Gasteiger partial charge in [0, 0.05) is 5.39 Å². The lowest BCUT2D eigenvalue weighted by Crippen LogP contribution is -1.93. The second kappa shape index (κ2) is 2.76. The number of nitrogens with zero attached hydrogens (tertiary/aromatic N) is 3.